The molecule has 0 unspecified atom stereocenters. The Kier molecular flexibility index (Phi) is 6.21. The van der Waals surface area contributed by atoms with E-state index in [4.69, 9.17) is 4.74 Å². The van der Waals surface area contributed by atoms with Crippen molar-refractivity contribution in [3.05, 3.63) is 60.4 Å². The van der Waals surface area contributed by atoms with Crippen LogP contribution in [0.15, 0.2) is 59.8 Å². The van der Waals surface area contributed by atoms with Crippen molar-refractivity contribution >= 4 is 17.7 Å². The number of tetrazole rings is 1. The predicted octanol–water partition coefficient (Wildman–Crippen LogP) is 2.26. The third-order valence-electron chi connectivity index (χ3n) is 3.52. The van der Waals surface area contributed by atoms with Crippen LogP contribution in [0.3, 0.4) is 0 Å². The highest BCUT2D eigenvalue weighted by Gasteiger charge is 2.05. The molecule has 0 saturated carbocycles. The maximum atomic E-state index is 11.9. The summed E-state index contributed by atoms with van der Waals surface area (Å²) in [5.74, 6) is 1.24. The fourth-order valence-electron chi connectivity index (χ4n) is 2.19. The number of ether oxygens (including phenoxy) is 1. The van der Waals surface area contributed by atoms with E-state index in [1.807, 2.05) is 12.1 Å². The maximum absolute atomic E-state index is 11.9. The van der Waals surface area contributed by atoms with E-state index in [0.717, 1.165) is 11.4 Å². The van der Waals surface area contributed by atoms with E-state index in [0.29, 0.717) is 12.3 Å². The summed E-state index contributed by atoms with van der Waals surface area (Å²) in [4.78, 5) is 13.1. The summed E-state index contributed by atoms with van der Waals surface area (Å²) in [6.07, 6.45) is 1.50. The molecule has 2 aromatic carbocycles. The van der Waals surface area contributed by atoms with Gasteiger partial charge in [-0.1, -0.05) is 23.8 Å². The van der Waals surface area contributed by atoms with Crippen LogP contribution in [0.25, 0.3) is 5.69 Å². The number of nitrogens with zero attached hydrogens (tertiary/aromatic N) is 4. The summed E-state index contributed by atoms with van der Waals surface area (Å²) in [7, 11) is 0. The first-order chi connectivity index (χ1) is 12.7. The molecule has 0 bridgehead atoms. The van der Waals surface area contributed by atoms with E-state index in [1.165, 1.54) is 21.5 Å². The van der Waals surface area contributed by atoms with Gasteiger partial charge >= 0.3 is 0 Å². The van der Waals surface area contributed by atoms with Gasteiger partial charge in [0.05, 0.1) is 5.69 Å². The maximum Gasteiger partial charge on any atom is 0.257 e. The van der Waals surface area contributed by atoms with Crippen molar-refractivity contribution in [2.45, 2.75) is 11.8 Å². The van der Waals surface area contributed by atoms with Crippen LogP contribution >= 0.6 is 11.8 Å². The zero-order valence-corrected chi connectivity index (χ0v) is 15.1. The number of carbonyl (C=O) groups excluding carboxylic acids is 1. The first-order valence-electron chi connectivity index (χ1n) is 8.13. The second-order valence-corrected chi connectivity index (χ2v) is 6.72. The fraction of sp³-hybridized carbons (Fsp3) is 0.222. The Morgan fingerprint density at radius 1 is 1.23 bits per heavy atom. The minimum atomic E-state index is -0.151. The summed E-state index contributed by atoms with van der Waals surface area (Å²) >= 11 is 1.71. The standard InChI is InChI=1S/C18H19N5O2S/c1-14-5-7-17(8-6-14)26-10-9-19-18(24)12-25-16-4-2-3-15(11-16)23-13-20-21-22-23/h2-8,11,13H,9-10,12H2,1H3,(H,19,24). The van der Waals surface area contributed by atoms with Gasteiger partial charge in [0.1, 0.15) is 12.1 Å². The summed E-state index contributed by atoms with van der Waals surface area (Å²) in [5, 5.41) is 13.9. The Labute approximate surface area is 155 Å². The molecule has 8 heteroatoms. The number of hydrogen-bond acceptors (Lipinski definition) is 6. The topological polar surface area (TPSA) is 81.9 Å². The lowest BCUT2D eigenvalue weighted by Crippen LogP contribution is -2.30. The number of aryl methyl sites for hydroxylation is 1. The molecule has 0 saturated heterocycles. The molecular weight excluding hydrogens is 350 g/mol. The predicted molar refractivity (Wildman–Crippen MR) is 99.6 cm³/mol. The zero-order chi connectivity index (χ0) is 18.2. The van der Waals surface area contributed by atoms with E-state index in [9.17, 15) is 4.79 Å². The lowest BCUT2D eigenvalue weighted by atomic mass is 10.2. The van der Waals surface area contributed by atoms with E-state index in [2.05, 4.69) is 52.0 Å². The van der Waals surface area contributed by atoms with Crippen molar-refractivity contribution in [1.29, 1.82) is 0 Å². The fourth-order valence-corrected chi connectivity index (χ4v) is 2.96. The Morgan fingerprint density at radius 2 is 2.08 bits per heavy atom. The smallest absolute Gasteiger partial charge is 0.257 e. The first kappa shape index (κ1) is 17.9. The van der Waals surface area contributed by atoms with Gasteiger partial charge < -0.3 is 10.1 Å². The largest absolute Gasteiger partial charge is 0.484 e. The molecule has 0 aliphatic carbocycles. The minimum Gasteiger partial charge on any atom is -0.484 e. The molecule has 7 nitrogen and oxygen atoms in total. The van der Waals surface area contributed by atoms with Gasteiger partial charge in [-0.2, -0.15) is 0 Å². The lowest BCUT2D eigenvalue weighted by molar-refractivity contribution is -0.122. The molecule has 1 amide bonds. The van der Waals surface area contributed by atoms with Gasteiger partial charge in [0.2, 0.25) is 0 Å². The van der Waals surface area contributed by atoms with Gasteiger partial charge in [-0.05, 0) is 41.6 Å². The molecule has 0 aliphatic heterocycles. The van der Waals surface area contributed by atoms with Crippen LogP contribution < -0.4 is 10.1 Å². The van der Waals surface area contributed by atoms with E-state index < -0.39 is 0 Å². The summed E-state index contributed by atoms with van der Waals surface area (Å²) < 4.78 is 7.06. The quantitative estimate of drug-likeness (QED) is 0.484. The third kappa shape index (κ3) is 5.32. The number of aromatic nitrogens is 4. The molecule has 3 rings (SSSR count). The second-order valence-electron chi connectivity index (χ2n) is 5.55. The summed E-state index contributed by atoms with van der Waals surface area (Å²) in [5.41, 5.74) is 2.01. The molecule has 3 aromatic rings. The van der Waals surface area contributed by atoms with Crippen LogP contribution in [0.2, 0.25) is 0 Å². The molecule has 26 heavy (non-hydrogen) atoms. The van der Waals surface area contributed by atoms with Crippen LogP contribution in [0.4, 0.5) is 0 Å². The number of benzene rings is 2. The number of thioether (sulfide) groups is 1. The summed E-state index contributed by atoms with van der Waals surface area (Å²) in [6, 6.07) is 15.6. The van der Waals surface area contributed by atoms with Crippen LogP contribution in [0, 0.1) is 6.92 Å². The van der Waals surface area contributed by atoms with E-state index in [1.54, 1.807) is 23.9 Å². The highest BCUT2D eigenvalue weighted by Crippen LogP contribution is 2.17. The van der Waals surface area contributed by atoms with E-state index >= 15 is 0 Å². The monoisotopic (exact) mass is 369 g/mol. The van der Waals surface area contributed by atoms with Crippen molar-refractivity contribution in [2.24, 2.45) is 0 Å². The van der Waals surface area contributed by atoms with Crippen molar-refractivity contribution < 1.29 is 9.53 Å². The molecule has 0 atom stereocenters. The van der Waals surface area contributed by atoms with Crippen molar-refractivity contribution in [2.75, 3.05) is 18.9 Å². The van der Waals surface area contributed by atoms with Gasteiger partial charge in [0, 0.05) is 23.3 Å². The summed E-state index contributed by atoms with van der Waals surface area (Å²) in [6.45, 7) is 2.62. The number of hydrogen-bond donors (Lipinski definition) is 1. The molecule has 1 heterocycles. The molecule has 0 fully saturated rings. The number of rotatable bonds is 8. The normalized spacial score (nSPS) is 10.5. The van der Waals surface area contributed by atoms with Gasteiger partial charge in [-0.15, -0.1) is 16.9 Å². The molecule has 0 spiro atoms. The Bertz CT molecular complexity index is 837. The lowest BCUT2D eigenvalue weighted by Gasteiger charge is -2.08. The third-order valence-corrected chi connectivity index (χ3v) is 4.53. The Balaban J connectivity index is 1.39. The highest BCUT2D eigenvalue weighted by atomic mass is 32.2. The molecule has 1 N–H and O–H groups in total. The van der Waals surface area contributed by atoms with Gasteiger partial charge in [-0.25, -0.2) is 4.68 Å². The molecule has 1 aromatic heterocycles. The Morgan fingerprint density at radius 3 is 2.85 bits per heavy atom. The molecule has 0 radical (unpaired) electrons. The second kappa shape index (κ2) is 9.00. The number of amides is 1. The number of carbonyl (C=O) groups is 1. The van der Waals surface area contributed by atoms with Crippen molar-refractivity contribution in [3.8, 4) is 11.4 Å². The highest BCUT2D eigenvalue weighted by molar-refractivity contribution is 7.99. The average molecular weight is 369 g/mol. The van der Waals surface area contributed by atoms with Crippen LogP contribution in [0.5, 0.6) is 5.75 Å². The van der Waals surface area contributed by atoms with Gasteiger partial charge in [0.25, 0.3) is 5.91 Å². The first-order valence-corrected chi connectivity index (χ1v) is 9.12. The van der Waals surface area contributed by atoms with Crippen molar-refractivity contribution in [3.63, 3.8) is 0 Å². The Hall–Kier alpha value is -2.87. The van der Waals surface area contributed by atoms with E-state index in [-0.39, 0.29) is 12.5 Å². The molecular formula is C18H19N5O2S. The van der Waals surface area contributed by atoms with Crippen LogP contribution in [-0.4, -0.2) is 45.0 Å². The van der Waals surface area contributed by atoms with Crippen molar-refractivity contribution in [1.82, 2.24) is 25.5 Å². The SMILES string of the molecule is Cc1ccc(SCCNC(=O)COc2cccc(-n3cnnn3)c2)cc1. The minimum absolute atomic E-state index is 0.0335. The van der Waals surface area contributed by atoms with Crippen LogP contribution in [0.1, 0.15) is 5.56 Å². The van der Waals surface area contributed by atoms with Gasteiger partial charge in [-0.3, -0.25) is 4.79 Å². The average Bonchev–Trinajstić information content (AvgIpc) is 3.20. The van der Waals surface area contributed by atoms with Gasteiger partial charge in [0.15, 0.2) is 6.61 Å². The molecule has 134 valence electrons. The molecule has 0 aliphatic rings. The zero-order valence-electron chi connectivity index (χ0n) is 14.3. The number of nitrogens with one attached hydrogen (secondary N) is 1. The van der Waals surface area contributed by atoms with Crippen LogP contribution in [-0.2, 0) is 4.79 Å².